The second-order valence-electron chi connectivity index (χ2n) is 6.44. The number of phenolic OH excluding ortho intramolecular Hbond substituents is 1. The van der Waals surface area contributed by atoms with Crippen molar-refractivity contribution in [2.75, 3.05) is 0 Å². The number of amides is 1. The van der Waals surface area contributed by atoms with Crippen molar-refractivity contribution in [1.29, 1.82) is 0 Å². The van der Waals surface area contributed by atoms with Crippen LogP contribution in [-0.4, -0.2) is 11.0 Å². The molecule has 134 valence electrons. The van der Waals surface area contributed by atoms with Crippen molar-refractivity contribution < 1.29 is 14.3 Å². The highest BCUT2D eigenvalue weighted by Crippen LogP contribution is 2.28. The third-order valence-corrected chi connectivity index (χ3v) is 4.47. The number of nitrogens with one attached hydrogen (secondary N) is 1. The molecule has 1 aromatic heterocycles. The zero-order chi connectivity index (χ0) is 18.6. The molecule has 1 atom stereocenters. The van der Waals surface area contributed by atoms with Gasteiger partial charge in [-0.2, -0.15) is 0 Å². The number of aromatic hydroxyl groups is 1. The first kappa shape index (κ1) is 16.9. The van der Waals surface area contributed by atoms with Gasteiger partial charge < -0.3 is 14.8 Å². The fourth-order valence-corrected chi connectivity index (χ4v) is 3.12. The van der Waals surface area contributed by atoms with E-state index in [0.29, 0.717) is 5.76 Å². The molecule has 0 saturated heterocycles. The number of carbonyl (C=O) groups is 1. The Balaban J connectivity index is 1.62. The molecule has 0 aliphatic heterocycles. The molecule has 0 fully saturated rings. The first-order valence-corrected chi connectivity index (χ1v) is 8.80. The molecule has 2 N–H and O–H groups in total. The van der Waals surface area contributed by atoms with E-state index >= 15 is 0 Å². The zero-order valence-corrected chi connectivity index (χ0v) is 14.6. The maximum Gasteiger partial charge on any atom is 0.225 e. The molecule has 4 aromatic rings. The van der Waals surface area contributed by atoms with E-state index in [2.05, 4.69) is 5.32 Å². The second kappa shape index (κ2) is 7.38. The summed E-state index contributed by atoms with van der Waals surface area (Å²) in [4.78, 5) is 12.7. The Labute approximate surface area is 157 Å². The van der Waals surface area contributed by atoms with Gasteiger partial charge in [0.15, 0.2) is 0 Å². The summed E-state index contributed by atoms with van der Waals surface area (Å²) in [6, 6.07) is 25.8. The van der Waals surface area contributed by atoms with Crippen molar-refractivity contribution in [2.24, 2.45) is 0 Å². The summed E-state index contributed by atoms with van der Waals surface area (Å²) >= 11 is 0. The van der Waals surface area contributed by atoms with Crippen LogP contribution in [-0.2, 0) is 11.2 Å². The summed E-state index contributed by atoms with van der Waals surface area (Å²) in [6.07, 6.45) is 0.226. The second-order valence-corrected chi connectivity index (χ2v) is 6.44. The Morgan fingerprint density at radius 1 is 0.926 bits per heavy atom. The molecule has 4 rings (SSSR count). The van der Waals surface area contributed by atoms with Crippen LogP contribution >= 0.6 is 0 Å². The average molecular weight is 357 g/mol. The Kier molecular flexibility index (Phi) is 4.62. The number of furan rings is 1. The largest absolute Gasteiger partial charge is 0.508 e. The van der Waals surface area contributed by atoms with Crippen molar-refractivity contribution in [2.45, 2.75) is 12.5 Å². The Hall–Kier alpha value is -3.53. The predicted octanol–water partition coefficient (Wildman–Crippen LogP) is 4.59. The van der Waals surface area contributed by atoms with Crippen LogP contribution in [0, 0.1) is 0 Å². The minimum atomic E-state index is -0.372. The highest BCUT2D eigenvalue weighted by molar-refractivity contribution is 5.81. The molecular formula is C23H19NO3. The van der Waals surface area contributed by atoms with E-state index in [1.54, 1.807) is 24.3 Å². The van der Waals surface area contributed by atoms with E-state index in [-0.39, 0.29) is 24.1 Å². The molecule has 0 spiro atoms. The van der Waals surface area contributed by atoms with Gasteiger partial charge >= 0.3 is 0 Å². The third-order valence-electron chi connectivity index (χ3n) is 4.47. The SMILES string of the molecule is O=C(Cc1ccc(O)cc1)NC(c1ccccc1)c1cc2ccccc2o1. The number of hydrogen-bond donors (Lipinski definition) is 2. The number of fused-ring (bicyclic) bond motifs is 1. The van der Waals surface area contributed by atoms with Crippen molar-refractivity contribution >= 4 is 16.9 Å². The van der Waals surface area contributed by atoms with E-state index in [1.165, 1.54) is 0 Å². The van der Waals surface area contributed by atoms with Crippen LogP contribution in [0.5, 0.6) is 5.75 Å². The molecule has 1 amide bonds. The van der Waals surface area contributed by atoms with Crippen LogP contribution in [0.15, 0.2) is 89.3 Å². The lowest BCUT2D eigenvalue weighted by molar-refractivity contribution is -0.121. The van der Waals surface area contributed by atoms with Crippen LogP contribution in [0.1, 0.15) is 22.9 Å². The Morgan fingerprint density at radius 3 is 2.37 bits per heavy atom. The molecule has 0 saturated carbocycles. The standard InChI is InChI=1S/C23H19NO3/c25-19-12-10-16(11-13-19)14-22(26)24-23(17-6-2-1-3-7-17)21-15-18-8-4-5-9-20(18)27-21/h1-13,15,23,25H,14H2,(H,24,26). The quantitative estimate of drug-likeness (QED) is 0.549. The summed E-state index contributed by atoms with van der Waals surface area (Å²) in [6.45, 7) is 0. The molecular weight excluding hydrogens is 338 g/mol. The lowest BCUT2D eigenvalue weighted by atomic mass is 10.0. The summed E-state index contributed by atoms with van der Waals surface area (Å²) in [5.74, 6) is 0.764. The summed E-state index contributed by atoms with van der Waals surface area (Å²) in [5, 5.41) is 13.5. The van der Waals surface area contributed by atoms with Crippen LogP contribution in [0.3, 0.4) is 0 Å². The van der Waals surface area contributed by atoms with Gasteiger partial charge in [0.2, 0.25) is 5.91 Å². The topological polar surface area (TPSA) is 62.5 Å². The van der Waals surface area contributed by atoms with E-state index in [0.717, 1.165) is 22.1 Å². The highest BCUT2D eigenvalue weighted by atomic mass is 16.3. The lowest BCUT2D eigenvalue weighted by Gasteiger charge is -2.17. The van der Waals surface area contributed by atoms with Crippen molar-refractivity contribution in [3.05, 3.63) is 102 Å². The smallest absolute Gasteiger partial charge is 0.225 e. The molecule has 4 heteroatoms. The first-order chi connectivity index (χ1) is 13.2. The molecule has 1 unspecified atom stereocenters. The fraction of sp³-hybridized carbons (Fsp3) is 0.0870. The van der Waals surface area contributed by atoms with Gasteiger partial charge in [0, 0.05) is 5.39 Å². The first-order valence-electron chi connectivity index (χ1n) is 8.80. The van der Waals surface area contributed by atoms with Gasteiger partial charge in [-0.15, -0.1) is 0 Å². The molecule has 3 aromatic carbocycles. The van der Waals surface area contributed by atoms with Crippen molar-refractivity contribution in [3.63, 3.8) is 0 Å². The van der Waals surface area contributed by atoms with Gasteiger partial charge in [0.25, 0.3) is 0 Å². The van der Waals surface area contributed by atoms with Gasteiger partial charge in [-0.3, -0.25) is 4.79 Å². The average Bonchev–Trinajstić information content (AvgIpc) is 3.12. The maximum absolute atomic E-state index is 12.7. The predicted molar refractivity (Wildman–Crippen MR) is 104 cm³/mol. The van der Waals surface area contributed by atoms with Crippen LogP contribution in [0.4, 0.5) is 0 Å². The number of hydrogen-bond acceptors (Lipinski definition) is 3. The van der Waals surface area contributed by atoms with Gasteiger partial charge in [0.05, 0.1) is 6.42 Å². The molecule has 0 bridgehead atoms. The Bertz CT molecular complexity index is 1020. The number of rotatable bonds is 5. The number of benzene rings is 3. The highest BCUT2D eigenvalue weighted by Gasteiger charge is 2.21. The minimum absolute atomic E-state index is 0.116. The molecule has 1 heterocycles. The summed E-state index contributed by atoms with van der Waals surface area (Å²) < 4.78 is 6.00. The van der Waals surface area contributed by atoms with Crippen LogP contribution < -0.4 is 5.32 Å². The van der Waals surface area contributed by atoms with E-state index in [1.807, 2.05) is 60.7 Å². The van der Waals surface area contributed by atoms with E-state index < -0.39 is 0 Å². The number of para-hydroxylation sites is 1. The maximum atomic E-state index is 12.7. The van der Waals surface area contributed by atoms with E-state index in [9.17, 15) is 9.90 Å². The van der Waals surface area contributed by atoms with Gasteiger partial charge in [-0.05, 0) is 35.4 Å². The van der Waals surface area contributed by atoms with Crippen molar-refractivity contribution in [3.8, 4) is 5.75 Å². The fourth-order valence-electron chi connectivity index (χ4n) is 3.12. The van der Waals surface area contributed by atoms with Crippen molar-refractivity contribution in [1.82, 2.24) is 5.32 Å². The molecule has 0 radical (unpaired) electrons. The molecule has 0 aliphatic carbocycles. The van der Waals surface area contributed by atoms with Gasteiger partial charge in [-0.1, -0.05) is 60.7 Å². The van der Waals surface area contributed by atoms with Gasteiger partial charge in [-0.25, -0.2) is 0 Å². The molecule has 0 aliphatic rings. The van der Waals surface area contributed by atoms with Crippen LogP contribution in [0.25, 0.3) is 11.0 Å². The Morgan fingerprint density at radius 2 is 1.63 bits per heavy atom. The third kappa shape index (κ3) is 3.85. The molecule has 27 heavy (non-hydrogen) atoms. The normalized spacial score (nSPS) is 12.0. The summed E-state index contributed by atoms with van der Waals surface area (Å²) in [7, 11) is 0. The summed E-state index contributed by atoms with van der Waals surface area (Å²) in [5.41, 5.74) is 2.58. The monoisotopic (exact) mass is 357 g/mol. The number of carbonyl (C=O) groups excluding carboxylic acids is 1. The lowest BCUT2D eigenvalue weighted by Crippen LogP contribution is -2.30. The van der Waals surface area contributed by atoms with Gasteiger partial charge in [0.1, 0.15) is 23.1 Å². The number of phenols is 1. The zero-order valence-electron chi connectivity index (χ0n) is 14.6. The van der Waals surface area contributed by atoms with E-state index in [4.69, 9.17) is 4.42 Å². The van der Waals surface area contributed by atoms with Crippen LogP contribution in [0.2, 0.25) is 0 Å². The minimum Gasteiger partial charge on any atom is -0.508 e. The molecule has 4 nitrogen and oxygen atoms in total.